The summed E-state index contributed by atoms with van der Waals surface area (Å²) in [6, 6.07) is 14.2. The Hall–Kier alpha value is -3.41. The molecule has 0 fully saturated rings. The Bertz CT molecular complexity index is 1060. The second kappa shape index (κ2) is 17.1. The molecule has 188 valence electrons. The number of nitrogens with zero attached hydrogens (tertiary/aromatic N) is 4. The average molecular weight is 521 g/mol. The van der Waals surface area contributed by atoms with Gasteiger partial charge in [-0.1, -0.05) is 12.1 Å². The van der Waals surface area contributed by atoms with Crippen LogP contribution in [0.1, 0.15) is 11.1 Å². The lowest BCUT2D eigenvalue weighted by atomic mass is 10.2. The van der Waals surface area contributed by atoms with Gasteiger partial charge in [-0.15, -0.1) is 11.8 Å². The SMILES string of the molecule is CN(C)c1cccc(F)c1C#N.COC(=O)CS.COC(=O)CSc1cccc(N(C)C)c1C#N. The Labute approximate surface area is 215 Å². The first-order chi connectivity index (χ1) is 16.6. The number of carbonyl (C=O) groups is 2. The average Bonchev–Trinajstić information content (AvgIpc) is 2.86. The van der Waals surface area contributed by atoms with Gasteiger partial charge in [-0.25, -0.2) is 4.39 Å². The number of hydrogen-bond acceptors (Lipinski definition) is 10. The van der Waals surface area contributed by atoms with E-state index in [0.717, 1.165) is 10.6 Å². The Morgan fingerprint density at radius 2 is 1.40 bits per heavy atom. The van der Waals surface area contributed by atoms with Gasteiger partial charge in [0.2, 0.25) is 0 Å². The number of methoxy groups -OCH3 is 2. The van der Waals surface area contributed by atoms with Gasteiger partial charge in [-0.2, -0.15) is 23.2 Å². The van der Waals surface area contributed by atoms with E-state index in [9.17, 15) is 14.0 Å². The molecule has 0 spiro atoms. The van der Waals surface area contributed by atoms with Crippen LogP contribution in [0.2, 0.25) is 0 Å². The predicted octanol–water partition coefficient (Wildman–Crippen LogP) is 3.74. The number of carbonyl (C=O) groups excluding carboxylic acids is 2. The molecule has 0 heterocycles. The first-order valence-electron chi connectivity index (χ1n) is 10.0. The zero-order valence-electron chi connectivity index (χ0n) is 20.5. The number of hydrogen-bond donors (Lipinski definition) is 1. The highest BCUT2D eigenvalue weighted by molar-refractivity contribution is 8.00. The molecule has 0 saturated heterocycles. The molecule has 35 heavy (non-hydrogen) atoms. The molecule has 0 amide bonds. The monoisotopic (exact) mass is 520 g/mol. The molecular weight excluding hydrogens is 491 g/mol. The van der Waals surface area contributed by atoms with Crippen molar-refractivity contribution in [2.75, 3.05) is 63.7 Å². The molecule has 2 aromatic carbocycles. The quantitative estimate of drug-likeness (QED) is 0.346. The lowest BCUT2D eigenvalue weighted by Gasteiger charge is -2.15. The summed E-state index contributed by atoms with van der Waals surface area (Å²) in [5.41, 5.74) is 2.15. The van der Waals surface area contributed by atoms with Crippen molar-refractivity contribution in [1.29, 1.82) is 10.5 Å². The van der Waals surface area contributed by atoms with Gasteiger partial charge in [0.05, 0.1) is 42.7 Å². The molecule has 2 rings (SSSR count). The summed E-state index contributed by atoms with van der Waals surface area (Å²) in [6.45, 7) is 0. The first-order valence-corrected chi connectivity index (χ1v) is 11.6. The summed E-state index contributed by atoms with van der Waals surface area (Å²) in [4.78, 5) is 25.3. The summed E-state index contributed by atoms with van der Waals surface area (Å²) in [5, 5.41) is 17.8. The maximum atomic E-state index is 13.0. The van der Waals surface area contributed by atoms with Crippen LogP contribution in [-0.4, -0.2) is 65.9 Å². The van der Waals surface area contributed by atoms with E-state index < -0.39 is 5.82 Å². The fraction of sp³-hybridized carbons (Fsp3) is 0.333. The van der Waals surface area contributed by atoms with Crippen LogP contribution in [0, 0.1) is 28.5 Å². The van der Waals surface area contributed by atoms with Crippen LogP contribution < -0.4 is 9.80 Å². The molecule has 0 aliphatic carbocycles. The second-order valence-electron chi connectivity index (χ2n) is 6.90. The predicted molar refractivity (Wildman–Crippen MR) is 140 cm³/mol. The number of nitriles is 2. The maximum Gasteiger partial charge on any atom is 0.315 e. The summed E-state index contributed by atoms with van der Waals surface area (Å²) in [6.07, 6.45) is 0. The van der Waals surface area contributed by atoms with Crippen LogP contribution in [0.4, 0.5) is 15.8 Å². The standard InChI is InChI=1S/C12H14N2O2S.C9H9FN2.C3H6O2S/c1-14(2)10-5-4-6-11(9(10)7-13)17-8-12(15)16-3;1-12(2)9-5-3-4-8(10)7(9)6-11;1-5-3(4)2-6/h4-6H,8H2,1-3H3;3-5H,1-2H3;6H,2H2,1H3. The summed E-state index contributed by atoms with van der Waals surface area (Å²) >= 11 is 4.93. The third kappa shape index (κ3) is 11.0. The van der Waals surface area contributed by atoms with Crippen molar-refractivity contribution in [3.63, 3.8) is 0 Å². The van der Waals surface area contributed by atoms with E-state index in [2.05, 4.69) is 28.2 Å². The fourth-order valence-corrected chi connectivity index (χ4v) is 3.37. The summed E-state index contributed by atoms with van der Waals surface area (Å²) in [7, 11) is 9.99. The molecular formula is C24H29FN4O4S2. The van der Waals surface area contributed by atoms with Crippen LogP contribution in [0.25, 0.3) is 0 Å². The molecule has 11 heteroatoms. The minimum absolute atomic E-state index is 0.0995. The third-order valence-electron chi connectivity index (χ3n) is 4.11. The zero-order valence-corrected chi connectivity index (χ0v) is 22.2. The zero-order chi connectivity index (χ0) is 27.0. The minimum Gasteiger partial charge on any atom is -0.468 e. The maximum absolute atomic E-state index is 13.0. The first kappa shape index (κ1) is 31.6. The topological polar surface area (TPSA) is 107 Å². The highest BCUT2D eigenvalue weighted by Gasteiger charge is 2.11. The van der Waals surface area contributed by atoms with Gasteiger partial charge in [0, 0.05) is 33.1 Å². The van der Waals surface area contributed by atoms with Gasteiger partial charge in [0.15, 0.2) is 0 Å². The number of benzene rings is 2. The molecule has 0 aliphatic heterocycles. The number of thiol groups is 1. The van der Waals surface area contributed by atoms with Crippen molar-refractivity contribution < 1.29 is 23.5 Å². The number of anilines is 2. The van der Waals surface area contributed by atoms with Crippen LogP contribution in [-0.2, 0) is 19.1 Å². The third-order valence-corrected chi connectivity index (χ3v) is 5.40. The Morgan fingerprint density at radius 1 is 0.914 bits per heavy atom. The molecule has 0 aromatic heterocycles. The minimum atomic E-state index is -0.469. The van der Waals surface area contributed by atoms with E-state index in [1.54, 1.807) is 31.1 Å². The molecule has 0 atom stereocenters. The van der Waals surface area contributed by atoms with Gasteiger partial charge < -0.3 is 19.3 Å². The highest BCUT2D eigenvalue weighted by atomic mass is 32.2. The van der Waals surface area contributed by atoms with Crippen molar-refractivity contribution in [3.8, 4) is 12.1 Å². The number of thioether (sulfide) groups is 1. The molecule has 2 aromatic rings. The van der Waals surface area contributed by atoms with Gasteiger partial charge in [-0.3, -0.25) is 9.59 Å². The molecule has 0 radical (unpaired) electrons. The Balaban J connectivity index is 0.000000557. The van der Waals surface area contributed by atoms with Crippen LogP contribution in [0.15, 0.2) is 41.3 Å². The molecule has 8 nitrogen and oxygen atoms in total. The Kier molecular flexibility index (Phi) is 15.4. The summed E-state index contributed by atoms with van der Waals surface area (Å²) < 4.78 is 21.7. The molecule has 0 aliphatic rings. The number of rotatable bonds is 6. The smallest absolute Gasteiger partial charge is 0.315 e. The fourth-order valence-electron chi connectivity index (χ4n) is 2.38. The molecule has 0 bridgehead atoms. The van der Waals surface area contributed by atoms with E-state index in [0.29, 0.717) is 11.3 Å². The lowest BCUT2D eigenvalue weighted by Crippen LogP contribution is -2.11. The molecule has 0 unspecified atom stereocenters. The van der Waals surface area contributed by atoms with E-state index in [1.165, 1.54) is 32.0 Å². The van der Waals surface area contributed by atoms with Crippen molar-refractivity contribution in [1.82, 2.24) is 0 Å². The van der Waals surface area contributed by atoms with Crippen LogP contribution in [0.5, 0.6) is 0 Å². The van der Waals surface area contributed by atoms with Crippen LogP contribution >= 0.6 is 24.4 Å². The van der Waals surface area contributed by atoms with Crippen LogP contribution in [0.3, 0.4) is 0 Å². The Morgan fingerprint density at radius 3 is 1.77 bits per heavy atom. The van der Waals surface area contributed by atoms with E-state index >= 15 is 0 Å². The number of ether oxygens (including phenoxy) is 2. The van der Waals surface area contributed by atoms with E-state index in [1.807, 2.05) is 43.3 Å². The lowest BCUT2D eigenvalue weighted by molar-refractivity contribution is -0.138. The summed E-state index contributed by atoms with van der Waals surface area (Å²) in [5.74, 6) is -0.686. The number of halogens is 1. The van der Waals surface area contributed by atoms with Crippen molar-refractivity contribution >= 4 is 47.7 Å². The molecule has 0 saturated carbocycles. The van der Waals surface area contributed by atoms with Gasteiger partial charge in [0.25, 0.3) is 0 Å². The van der Waals surface area contributed by atoms with Gasteiger partial charge in [-0.05, 0) is 24.3 Å². The van der Waals surface area contributed by atoms with E-state index in [4.69, 9.17) is 10.5 Å². The van der Waals surface area contributed by atoms with Crippen molar-refractivity contribution in [3.05, 3.63) is 53.3 Å². The largest absolute Gasteiger partial charge is 0.468 e. The van der Waals surface area contributed by atoms with Gasteiger partial charge >= 0.3 is 11.9 Å². The second-order valence-corrected chi connectivity index (χ2v) is 8.23. The highest BCUT2D eigenvalue weighted by Crippen LogP contribution is 2.29. The van der Waals surface area contributed by atoms with Crippen molar-refractivity contribution in [2.24, 2.45) is 0 Å². The number of esters is 2. The van der Waals surface area contributed by atoms with Crippen molar-refractivity contribution in [2.45, 2.75) is 4.90 Å². The normalized spacial score (nSPS) is 9.09. The molecule has 0 N–H and O–H groups in total. The van der Waals surface area contributed by atoms with Gasteiger partial charge in [0.1, 0.15) is 23.5 Å². The van der Waals surface area contributed by atoms with E-state index in [-0.39, 0.29) is 29.0 Å².